The van der Waals surface area contributed by atoms with Gasteiger partial charge in [0.2, 0.25) is 0 Å². The lowest BCUT2D eigenvalue weighted by Crippen LogP contribution is -2.49. The van der Waals surface area contributed by atoms with Crippen molar-refractivity contribution in [3.8, 4) is 0 Å². The van der Waals surface area contributed by atoms with Crippen molar-refractivity contribution in [1.82, 2.24) is 14.7 Å². The van der Waals surface area contributed by atoms with Crippen LogP contribution in [0.25, 0.3) is 0 Å². The highest BCUT2D eigenvalue weighted by molar-refractivity contribution is 6.31. The third-order valence-electron chi connectivity index (χ3n) is 4.64. The summed E-state index contributed by atoms with van der Waals surface area (Å²) in [7, 11) is 0. The third kappa shape index (κ3) is 4.47. The van der Waals surface area contributed by atoms with Gasteiger partial charge in [-0.2, -0.15) is 5.10 Å². The zero-order valence-corrected chi connectivity index (χ0v) is 16.0. The molecule has 0 aliphatic carbocycles. The van der Waals surface area contributed by atoms with Crippen LogP contribution < -0.4 is 10.5 Å². The number of halogens is 2. The highest BCUT2D eigenvalue weighted by Gasteiger charge is 2.24. The van der Waals surface area contributed by atoms with Crippen molar-refractivity contribution in [2.75, 3.05) is 31.1 Å². The molecule has 0 bridgehead atoms. The van der Waals surface area contributed by atoms with Gasteiger partial charge in [-0.05, 0) is 30.7 Å². The van der Waals surface area contributed by atoms with Crippen molar-refractivity contribution in [3.63, 3.8) is 0 Å². The Morgan fingerprint density at radius 3 is 2.59 bits per heavy atom. The predicted octanol–water partition coefficient (Wildman–Crippen LogP) is 2.80. The van der Waals surface area contributed by atoms with E-state index in [1.165, 1.54) is 22.9 Å². The smallest absolute Gasteiger partial charge is 0.274 e. The average Bonchev–Trinajstić information content (AvgIpc) is 2.69. The fourth-order valence-corrected chi connectivity index (χ4v) is 3.22. The number of unbranched alkanes of at least 4 members (excludes halogenated alkanes) is 1. The van der Waals surface area contributed by atoms with Crippen molar-refractivity contribution in [2.45, 2.75) is 26.3 Å². The first-order valence-corrected chi connectivity index (χ1v) is 9.45. The summed E-state index contributed by atoms with van der Waals surface area (Å²) in [6, 6.07) is 7.51. The number of piperazine rings is 1. The maximum atomic E-state index is 13.3. The molecule has 3 rings (SSSR count). The van der Waals surface area contributed by atoms with E-state index < -0.39 is 5.82 Å². The molecule has 0 atom stereocenters. The van der Waals surface area contributed by atoms with Crippen LogP contribution in [-0.2, 0) is 6.54 Å². The van der Waals surface area contributed by atoms with Gasteiger partial charge < -0.3 is 9.80 Å². The molecule has 0 spiro atoms. The Balaban J connectivity index is 1.66. The Kier molecular flexibility index (Phi) is 6.11. The fourth-order valence-electron chi connectivity index (χ4n) is 3.04. The molecule has 1 amide bonds. The van der Waals surface area contributed by atoms with Gasteiger partial charge in [0.25, 0.3) is 11.5 Å². The van der Waals surface area contributed by atoms with Crippen molar-refractivity contribution in [3.05, 3.63) is 57.2 Å². The lowest BCUT2D eigenvalue weighted by molar-refractivity contribution is 0.0738. The maximum absolute atomic E-state index is 13.3. The number of anilines is 1. The fraction of sp³-hybridized carbons (Fsp3) is 0.421. The molecule has 27 heavy (non-hydrogen) atoms. The zero-order chi connectivity index (χ0) is 19.4. The van der Waals surface area contributed by atoms with Crippen LogP contribution in [0.15, 0.2) is 35.1 Å². The van der Waals surface area contributed by atoms with Crippen molar-refractivity contribution in [1.29, 1.82) is 0 Å². The first kappa shape index (κ1) is 19.4. The lowest BCUT2D eigenvalue weighted by atomic mass is 10.2. The molecule has 6 nitrogen and oxygen atoms in total. The Labute approximate surface area is 162 Å². The molecule has 144 valence electrons. The molecular formula is C19H22ClFN4O2. The van der Waals surface area contributed by atoms with Crippen molar-refractivity contribution < 1.29 is 9.18 Å². The minimum Gasteiger partial charge on any atom is -0.368 e. The number of benzene rings is 1. The largest absolute Gasteiger partial charge is 0.368 e. The second-order valence-corrected chi connectivity index (χ2v) is 6.92. The first-order valence-electron chi connectivity index (χ1n) is 9.07. The minimum absolute atomic E-state index is 0.0875. The van der Waals surface area contributed by atoms with Crippen LogP contribution in [0, 0.1) is 5.82 Å². The average molecular weight is 393 g/mol. The van der Waals surface area contributed by atoms with E-state index in [0.29, 0.717) is 32.7 Å². The van der Waals surface area contributed by atoms with Gasteiger partial charge in [-0.25, -0.2) is 9.07 Å². The van der Waals surface area contributed by atoms with E-state index in [4.69, 9.17) is 11.6 Å². The molecule has 0 radical (unpaired) electrons. The molecule has 1 aromatic heterocycles. The summed E-state index contributed by atoms with van der Waals surface area (Å²) in [6.07, 6.45) is 1.78. The first-order chi connectivity index (χ1) is 13.0. The predicted molar refractivity (Wildman–Crippen MR) is 103 cm³/mol. The number of amides is 1. The van der Waals surface area contributed by atoms with Gasteiger partial charge in [-0.15, -0.1) is 0 Å². The summed E-state index contributed by atoms with van der Waals surface area (Å²) < 4.78 is 14.7. The SMILES string of the molecule is CCCCn1nc(C(=O)N2CCN(c3ccc(F)c(Cl)c3)CC2)ccc1=O. The summed E-state index contributed by atoms with van der Waals surface area (Å²) in [6.45, 7) is 4.81. The van der Waals surface area contributed by atoms with Crippen molar-refractivity contribution >= 4 is 23.2 Å². The van der Waals surface area contributed by atoms with E-state index in [1.807, 2.05) is 6.92 Å². The highest BCUT2D eigenvalue weighted by atomic mass is 35.5. The molecule has 0 N–H and O–H groups in total. The minimum atomic E-state index is -0.446. The number of nitrogens with zero attached hydrogens (tertiary/aromatic N) is 4. The standard InChI is InChI=1S/C19H22ClFN4O2/c1-2-3-8-25-18(26)7-6-17(22-25)19(27)24-11-9-23(10-12-24)14-4-5-16(21)15(20)13-14/h4-7,13H,2-3,8-12H2,1H3. The number of carbonyl (C=O) groups excluding carboxylic acids is 1. The van der Waals surface area contributed by atoms with E-state index in [2.05, 4.69) is 10.00 Å². The van der Waals surface area contributed by atoms with E-state index >= 15 is 0 Å². The summed E-state index contributed by atoms with van der Waals surface area (Å²) in [5.41, 5.74) is 0.918. The Morgan fingerprint density at radius 1 is 1.19 bits per heavy atom. The lowest BCUT2D eigenvalue weighted by Gasteiger charge is -2.36. The van der Waals surface area contributed by atoms with Crippen LogP contribution in [0.1, 0.15) is 30.3 Å². The number of aryl methyl sites for hydroxylation is 1. The zero-order valence-electron chi connectivity index (χ0n) is 15.2. The second-order valence-electron chi connectivity index (χ2n) is 6.51. The van der Waals surface area contributed by atoms with Crippen LogP contribution in [0.3, 0.4) is 0 Å². The van der Waals surface area contributed by atoms with Crippen LogP contribution in [0.5, 0.6) is 0 Å². The van der Waals surface area contributed by atoms with Gasteiger partial charge in [0, 0.05) is 44.5 Å². The summed E-state index contributed by atoms with van der Waals surface area (Å²) in [4.78, 5) is 28.4. The summed E-state index contributed by atoms with van der Waals surface area (Å²) >= 11 is 5.85. The molecule has 1 fully saturated rings. The molecule has 1 saturated heterocycles. The Morgan fingerprint density at radius 2 is 1.93 bits per heavy atom. The molecule has 1 aliphatic rings. The number of hydrogen-bond acceptors (Lipinski definition) is 4. The third-order valence-corrected chi connectivity index (χ3v) is 4.93. The van der Waals surface area contributed by atoms with Gasteiger partial charge >= 0.3 is 0 Å². The summed E-state index contributed by atoms with van der Waals surface area (Å²) in [5.74, 6) is -0.629. The monoisotopic (exact) mass is 392 g/mol. The van der Waals surface area contributed by atoms with Crippen LogP contribution >= 0.6 is 11.6 Å². The highest BCUT2D eigenvalue weighted by Crippen LogP contribution is 2.23. The number of carbonyl (C=O) groups is 1. The number of aromatic nitrogens is 2. The van der Waals surface area contributed by atoms with Gasteiger partial charge in [-0.3, -0.25) is 9.59 Å². The van der Waals surface area contributed by atoms with Crippen LogP contribution in [0.4, 0.5) is 10.1 Å². The normalized spacial score (nSPS) is 14.5. The second kappa shape index (κ2) is 8.52. The van der Waals surface area contributed by atoms with Gasteiger partial charge in [0.05, 0.1) is 5.02 Å². The molecule has 1 aromatic carbocycles. The van der Waals surface area contributed by atoms with Crippen molar-refractivity contribution in [2.24, 2.45) is 0 Å². The van der Waals surface area contributed by atoms with E-state index in [-0.39, 0.29) is 22.2 Å². The molecule has 2 aromatic rings. The molecule has 2 heterocycles. The van der Waals surface area contributed by atoms with Gasteiger partial charge in [0.15, 0.2) is 0 Å². The molecule has 8 heteroatoms. The molecule has 1 aliphatic heterocycles. The van der Waals surface area contributed by atoms with Crippen LogP contribution in [0.2, 0.25) is 5.02 Å². The Hall–Kier alpha value is -2.41. The molecule has 0 unspecified atom stereocenters. The van der Waals surface area contributed by atoms with Crippen LogP contribution in [-0.4, -0.2) is 46.8 Å². The van der Waals surface area contributed by atoms with Gasteiger partial charge in [-0.1, -0.05) is 24.9 Å². The van der Waals surface area contributed by atoms with Gasteiger partial charge in [0.1, 0.15) is 11.5 Å². The van der Waals surface area contributed by atoms with E-state index in [1.54, 1.807) is 17.0 Å². The maximum Gasteiger partial charge on any atom is 0.274 e. The molecular weight excluding hydrogens is 371 g/mol. The quantitative estimate of drug-likeness (QED) is 0.785. The Bertz CT molecular complexity index is 878. The summed E-state index contributed by atoms with van der Waals surface area (Å²) in [5, 5.41) is 4.31. The van der Waals surface area contributed by atoms with E-state index in [9.17, 15) is 14.0 Å². The number of rotatable bonds is 5. The van der Waals surface area contributed by atoms with E-state index in [0.717, 1.165) is 18.5 Å². The number of hydrogen-bond donors (Lipinski definition) is 0. The molecule has 0 saturated carbocycles. The topological polar surface area (TPSA) is 58.4 Å².